The van der Waals surface area contributed by atoms with E-state index < -0.39 is 0 Å². The highest BCUT2D eigenvalue weighted by molar-refractivity contribution is 6.31. The maximum Gasteiger partial charge on any atom is 0.225 e. The summed E-state index contributed by atoms with van der Waals surface area (Å²) in [5, 5.41) is 3.38. The second kappa shape index (κ2) is 10.1. The van der Waals surface area contributed by atoms with Crippen LogP contribution in [0.1, 0.15) is 12.2 Å². The van der Waals surface area contributed by atoms with Gasteiger partial charge >= 0.3 is 0 Å². The molecule has 0 aliphatic rings. The molecule has 0 saturated heterocycles. The van der Waals surface area contributed by atoms with Crippen LogP contribution in [0.4, 0.5) is 5.69 Å². The second-order valence-electron chi connectivity index (χ2n) is 5.49. The minimum absolute atomic E-state index is 0.109. The predicted octanol–water partition coefficient (Wildman–Crippen LogP) is 3.42. The summed E-state index contributed by atoms with van der Waals surface area (Å²) in [6.07, 6.45) is 1.97. The zero-order valence-corrected chi connectivity index (χ0v) is 15.2. The zero-order valence-electron chi connectivity index (χ0n) is 14.5. The Kier molecular flexibility index (Phi) is 7.78. The minimum atomic E-state index is -0.109. The molecule has 0 radical (unpaired) electrons. The molecular formula is C18H23ClN2O4. The molecule has 136 valence electrons. The largest absolute Gasteiger partial charge is 0.495 e. The van der Waals surface area contributed by atoms with Crippen molar-refractivity contribution in [1.29, 1.82) is 0 Å². The van der Waals surface area contributed by atoms with Crippen LogP contribution >= 0.6 is 11.6 Å². The molecule has 1 aromatic carbocycles. The van der Waals surface area contributed by atoms with Crippen molar-refractivity contribution in [2.24, 2.45) is 0 Å². The number of furan rings is 1. The number of carbonyl (C=O) groups is 1. The smallest absolute Gasteiger partial charge is 0.225 e. The van der Waals surface area contributed by atoms with Gasteiger partial charge in [0.25, 0.3) is 0 Å². The van der Waals surface area contributed by atoms with Gasteiger partial charge in [-0.15, -0.1) is 0 Å². The van der Waals surface area contributed by atoms with E-state index in [9.17, 15) is 4.79 Å². The normalized spacial score (nSPS) is 10.9. The number of hydrogen-bond donors (Lipinski definition) is 1. The Morgan fingerprint density at radius 2 is 2.12 bits per heavy atom. The number of rotatable bonds is 10. The summed E-state index contributed by atoms with van der Waals surface area (Å²) < 4.78 is 15.7. The molecule has 25 heavy (non-hydrogen) atoms. The van der Waals surface area contributed by atoms with E-state index in [0.29, 0.717) is 49.1 Å². The fourth-order valence-corrected chi connectivity index (χ4v) is 2.54. The summed E-state index contributed by atoms with van der Waals surface area (Å²) in [4.78, 5) is 14.4. The van der Waals surface area contributed by atoms with E-state index in [2.05, 4.69) is 10.2 Å². The summed E-state index contributed by atoms with van der Waals surface area (Å²) in [6.45, 7) is 2.51. The number of carbonyl (C=O) groups excluding carboxylic acids is 1. The Morgan fingerprint density at radius 3 is 2.80 bits per heavy atom. The maximum atomic E-state index is 12.3. The monoisotopic (exact) mass is 366 g/mol. The third-order valence-electron chi connectivity index (χ3n) is 3.66. The van der Waals surface area contributed by atoms with Gasteiger partial charge in [0, 0.05) is 31.6 Å². The first-order valence-corrected chi connectivity index (χ1v) is 8.37. The van der Waals surface area contributed by atoms with Gasteiger partial charge in [-0.3, -0.25) is 9.69 Å². The fourth-order valence-electron chi connectivity index (χ4n) is 2.36. The maximum absolute atomic E-state index is 12.3. The van der Waals surface area contributed by atoms with Crippen molar-refractivity contribution in [3.63, 3.8) is 0 Å². The minimum Gasteiger partial charge on any atom is -0.495 e. The third-order valence-corrected chi connectivity index (χ3v) is 3.90. The molecule has 0 aliphatic heterocycles. The number of halogens is 1. The van der Waals surface area contributed by atoms with E-state index >= 15 is 0 Å². The van der Waals surface area contributed by atoms with E-state index in [1.165, 1.54) is 0 Å². The molecule has 2 aromatic rings. The van der Waals surface area contributed by atoms with Gasteiger partial charge in [0.05, 0.1) is 32.2 Å². The fraction of sp³-hybridized carbons (Fsp3) is 0.389. The van der Waals surface area contributed by atoms with Crippen molar-refractivity contribution in [2.75, 3.05) is 39.2 Å². The Bertz CT molecular complexity index is 661. The molecular weight excluding hydrogens is 344 g/mol. The molecule has 2 rings (SSSR count). The van der Waals surface area contributed by atoms with Gasteiger partial charge in [0.1, 0.15) is 11.5 Å². The Hall–Kier alpha value is -2.02. The summed E-state index contributed by atoms with van der Waals surface area (Å²) in [6, 6.07) is 8.87. The van der Waals surface area contributed by atoms with E-state index in [-0.39, 0.29) is 5.91 Å². The van der Waals surface area contributed by atoms with Gasteiger partial charge in [-0.1, -0.05) is 11.6 Å². The van der Waals surface area contributed by atoms with Crippen molar-refractivity contribution in [3.05, 3.63) is 47.4 Å². The first-order valence-electron chi connectivity index (χ1n) is 7.99. The third kappa shape index (κ3) is 6.42. The second-order valence-corrected chi connectivity index (χ2v) is 5.93. The number of nitrogens with zero attached hydrogens (tertiary/aromatic N) is 1. The van der Waals surface area contributed by atoms with Gasteiger partial charge in [0.2, 0.25) is 5.91 Å². The van der Waals surface area contributed by atoms with Crippen LogP contribution in [0, 0.1) is 0 Å². The average molecular weight is 367 g/mol. The molecule has 0 atom stereocenters. The van der Waals surface area contributed by atoms with Crippen LogP contribution in [0.25, 0.3) is 0 Å². The lowest BCUT2D eigenvalue weighted by Gasteiger charge is -2.20. The van der Waals surface area contributed by atoms with Crippen molar-refractivity contribution in [2.45, 2.75) is 13.0 Å². The van der Waals surface area contributed by atoms with Crippen LogP contribution in [0.3, 0.4) is 0 Å². The van der Waals surface area contributed by atoms with Crippen LogP contribution in [-0.4, -0.2) is 44.7 Å². The Labute approximate surface area is 152 Å². The zero-order chi connectivity index (χ0) is 18.1. The Morgan fingerprint density at radius 1 is 1.28 bits per heavy atom. The van der Waals surface area contributed by atoms with Gasteiger partial charge in [-0.05, 0) is 30.3 Å². The van der Waals surface area contributed by atoms with Crippen molar-refractivity contribution >= 4 is 23.2 Å². The summed E-state index contributed by atoms with van der Waals surface area (Å²) in [5.74, 6) is 1.32. The Balaban J connectivity index is 1.90. The van der Waals surface area contributed by atoms with Crippen LogP contribution in [0.2, 0.25) is 5.02 Å². The quantitative estimate of drug-likeness (QED) is 0.698. The highest BCUT2D eigenvalue weighted by Crippen LogP contribution is 2.27. The lowest BCUT2D eigenvalue weighted by molar-refractivity contribution is -0.116. The number of benzene rings is 1. The number of nitrogens with one attached hydrogen (secondary N) is 1. The van der Waals surface area contributed by atoms with Gasteiger partial charge in [0.15, 0.2) is 0 Å². The summed E-state index contributed by atoms with van der Waals surface area (Å²) in [7, 11) is 3.21. The van der Waals surface area contributed by atoms with Crippen LogP contribution in [-0.2, 0) is 16.1 Å². The van der Waals surface area contributed by atoms with Gasteiger partial charge < -0.3 is 19.2 Å². The highest BCUT2D eigenvalue weighted by Gasteiger charge is 2.12. The summed E-state index contributed by atoms with van der Waals surface area (Å²) in [5.41, 5.74) is 0.564. The number of anilines is 1. The van der Waals surface area contributed by atoms with Crippen molar-refractivity contribution < 1.29 is 18.7 Å². The lowest BCUT2D eigenvalue weighted by atomic mass is 10.2. The molecule has 1 heterocycles. The molecule has 0 bridgehead atoms. The molecule has 7 heteroatoms. The van der Waals surface area contributed by atoms with Crippen LogP contribution < -0.4 is 10.1 Å². The molecule has 1 N–H and O–H groups in total. The first-order chi connectivity index (χ1) is 12.1. The molecule has 0 fully saturated rings. The average Bonchev–Trinajstić information content (AvgIpc) is 3.10. The number of amides is 1. The molecule has 0 saturated carbocycles. The van der Waals surface area contributed by atoms with E-state index in [1.807, 2.05) is 12.1 Å². The van der Waals surface area contributed by atoms with Crippen LogP contribution in [0.15, 0.2) is 41.0 Å². The molecule has 0 unspecified atom stereocenters. The highest BCUT2D eigenvalue weighted by atomic mass is 35.5. The number of hydrogen-bond acceptors (Lipinski definition) is 5. The number of methoxy groups -OCH3 is 2. The molecule has 0 aliphatic carbocycles. The lowest BCUT2D eigenvalue weighted by Crippen LogP contribution is -2.30. The number of ether oxygens (including phenoxy) is 2. The molecule has 1 amide bonds. The van der Waals surface area contributed by atoms with Crippen LogP contribution in [0.5, 0.6) is 5.75 Å². The van der Waals surface area contributed by atoms with Gasteiger partial charge in [-0.2, -0.15) is 0 Å². The molecule has 6 nitrogen and oxygen atoms in total. The van der Waals surface area contributed by atoms with E-state index in [1.54, 1.807) is 38.7 Å². The van der Waals surface area contributed by atoms with E-state index in [4.69, 9.17) is 25.5 Å². The standard InChI is InChI=1S/C18H23ClN2O4/c1-23-11-9-21(13-15-4-3-10-25-15)8-7-18(22)20-16-12-14(19)5-6-17(16)24-2/h3-6,10,12H,7-9,11,13H2,1-2H3,(H,20,22). The topological polar surface area (TPSA) is 63.9 Å². The van der Waals surface area contributed by atoms with Gasteiger partial charge in [-0.25, -0.2) is 0 Å². The molecule has 0 spiro atoms. The van der Waals surface area contributed by atoms with Crippen molar-refractivity contribution in [1.82, 2.24) is 4.90 Å². The van der Waals surface area contributed by atoms with E-state index in [0.717, 1.165) is 5.76 Å². The predicted molar refractivity (Wildman–Crippen MR) is 97.1 cm³/mol. The SMILES string of the molecule is COCCN(CCC(=O)Nc1cc(Cl)ccc1OC)Cc1ccco1. The summed E-state index contributed by atoms with van der Waals surface area (Å²) >= 11 is 5.98. The van der Waals surface area contributed by atoms with Crippen molar-refractivity contribution in [3.8, 4) is 5.75 Å². The first kappa shape index (κ1) is 19.3. The molecule has 1 aromatic heterocycles.